The van der Waals surface area contributed by atoms with Gasteiger partial charge >= 0.3 is 6.09 Å². The molecule has 0 saturated heterocycles. The summed E-state index contributed by atoms with van der Waals surface area (Å²) in [6.07, 6.45) is 0.0850. The van der Waals surface area contributed by atoms with E-state index in [1.54, 1.807) is 0 Å². The maximum Gasteiger partial charge on any atom is 0.407 e. The van der Waals surface area contributed by atoms with Crippen LogP contribution in [0.25, 0.3) is 0 Å². The van der Waals surface area contributed by atoms with Crippen LogP contribution in [-0.2, 0) is 9.47 Å². The fourth-order valence-electron chi connectivity index (χ4n) is 0.683. The highest BCUT2D eigenvalue weighted by atomic mass is 32.1. The maximum atomic E-state index is 11.1. The molecular weight excluding hydrogens is 202 g/mol. The van der Waals surface area contributed by atoms with Crippen LogP contribution in [0, 0.1) is 0 Å². The molecule has 4 nitrogen and oxygen atoms in total. The zero-order chi connectivity index (χ0) is 11.2. The van der Waals surface area contributed by atoms with Gasteiger partial charge in [0.15, 0.2) is 5.05 Å². The van der Waals surface area contributed by atoms with Crippen LogP contribution in [0.4, 0.5) is 4.79 Å². The Kier molecular flexibility index (Phi) is 5.45. The molecule has 0 atom stereocenters. The van der Waals surface area contributed by atoms with E-state index >= 15 is 0 Å². The van der Waals surface area contributed by atoms with E-state index in [2.05, 4.69) is 5.32 Å². The normalized spacial score (nSPS) is 10.6. The molecule has 0 unspecified atom stereocenters. The van der Waals surface area contributed by atoms with Gasteiger partial charge in [0.1, 0.15) is 5.60 Å². The van der Waals surface area contributed by atoms with Gasteiger partial charge < -0.3 is 14.8 Å². The molecule has 0 rings (SSSR count). The van der Waals surface area contributed by atoms with E-state index in [9.17, 15) is 4.79 Å². The number of hydrogen-bond donors (Lipinski definition) is 1. The SMILES string of the molecule is COC(=S)CCNC(=O)OC(C)(C)C. The minimum Gasteiger partial charge on any atom is -0.490 e. The van der Waals surface area contributed by atoms with E-state index < -0.39 is 11.7 Å². The lowest BCUT2D eigenvalue weighted by atomic mass is 10.2. The molecule has 0 fully saturated rings. The van der Waals surface area contributed by atoms with Crippen molar-refractivity contribution < 1.29 is 14.3 Å². The van der Waals surface area contributed by atoms with Gasteiger partial charge in [-0.15, -0.1) is 0 Å². The highest BCUT2D eigenvalue weighted by Gasteiger charge is 2.15. The number of carbonyl (C=O) groups excluding carboxylic acids is 1. The first-order valence-corrected chi connectivity index (χ1v) is 4.79. The monoisotopic (exact) mass is 219 g/mol. The van der Waals surface area contributed by atoms with Gasteiger partial charge in [-0.2, -0.15) is 0 Å². The largest absolute Gasteiger partial charge is 0.490 e. The van der Waals surface area contributed by atoms with Crippen molar-refractivity contribution in [1.82, 2.24) is 5.32 Å². The number of nitrogens with one attached hydrogen (secondary N) is 1. The Morgan fingerprint density at radius 1 is 1.43 bits per heavy atom. The summed E-state index contributed by atoms with van der Waals surface area (Å²) in [5, 5.41) is 3.05. The molecule has 0 bridgehead atoms. The summed E-state index contributed by atoms with van der Waals surface area (Å²) >= 11 is 4.80. The molecule has 0 aromatic heterocycles. The molecule has 0 heterocycles. The standard InChI is InChI=1S/C9H17NO3S/c1-9(2,3)13-8(11)10-6-5-7(14)12-4/h5-6H2,1-4H3,(H,10,11). The van der Waals surface area contributed by atoms with Crippen molar-refractivity contribution in [1.29, 1.82) is 0 Å². The van der Waals surface area contributed by atoms with Crippen molar-refractivity contribution in [3.8, 4) is 0 Å². The second-order valence-corrected chi connectivity index (χ2v) is 4.21. The van der Waals surface area contributed by atoms with Gasteiger partial charge in [0, 0.05) is 13.0 Å². The van der Waals surface area contributed by atoms with Gasteiger partial charge in [0.25, 0.3) is 0 Å². The molecule has 0 aliphatic heterocycles. The van der Waals surface area contributed by atoms with Crippen LogP contribution in [0.3, 0.4) is 0 Å². The molecule has 0 aliphatic carbocycles. The average Bonchev–Trinajstić information content (AvgIpc) is 2.00. The number of amides is 1. The van der Waals surface area contributed by atoms with Gasteiger partial charge in [0.2, 0.25) is 0 Å². The predicted octanol–water partition coefficient (Wildman–Crippen LogP) is 1.88. The fourth-order valence-corrected chi connectivity index (χ4v) is 0.785. The highest BCUT2D eigenvalue weighted by Crippen LogP contribution is 2.06. The summed E-state index contributed by atoms with van der Waals surface area (Å²) in [7, 11) is 1.51. The van der Waals surface area contributed by atoms with Gasteiger partial charge in [-0.3, -0.25) is 0 Å². The average molecular weight is 219 g/mol. The summed E-state index contributed by atoms with van der Waals surface area (Å²) in [6, 6.07) is 0. The Labute approximate surface area is 90.0 Å². The second kappa shape index (κ2) is 5.80. The third kappa shape index (κ3) is 7.79. The van der Waals surface area contributed by atoms with E-state index in [0.717, 1.165) is 0 Å². The smallest absolute Gasteiger partial charge is 0.407 e. The summed E-state index contributed by atoms with van der Waals surface area (Å²) in [4.78, 5) is 11.1. The maximum absolute atomic E-state index is 11.1. The van der Waals surface area contributed by atoms with Gasteiger partial charge in [-0.1, -0.05) is 0 Å². The topological polar surface area (TPSA) is 47.6 Å². The fraction of sp³-hybridized carbons (Fsp3) is 0.778. The number of ether oxygens (including phenoxy) is 2. The van der Waals surface area contributed by atoms with Crippen LogP contribution in [-0.4, -0.2) is 30.4 Å². The van der Waals surface area contributed by atoms with Crippen molar-refractivity contribution in [3.63, 3.8) is 0 Å². The van der Waals surface area contributed by atoms with Crippen molar-refractivity contribution in [2.75, 3.05) is 13.7 Å². The first-order valence-electron chi connectivity index (χ1n) is 4.39. The molecule has 14 heavy (non-hydrogen) atoms. The van der Waals surface area contributed by atoms with Crippen LogP contribution in [0.1, 0.15) is 27.2 Å². The summed E-state index contributed by atoms with van der Waals surface area (Å²) < 4.78 is 9.79. The Balaban J connectivity index is 3.60. The van der Waals surface area contributed by atoms with Crippen molar-refractivity contribution in [2.45, 2.75) is 32.8 Å². The van der Waals surface area contributed by atoms with Crippen LogP contribution in [0.2, 0.25) is 0 Å². The summed E-state index contributed by atoms with van der Waals surface area (Å²) in [5.41, 5.74) is -0.466. The number of thiocarbonyl (C=S) groups is 1. The predicted molar refractivity (Wildman–Crippen MR) is 58.5 cm³/mol. The first kappa shape index (κ1) is 13.2. The lowest BCUT2D eigenvalue weighted by molar-refractivity contribution is 0.0529. The number of carbonyl (C=O) groups is 1. The molecule has 0 radical (unpaired) electrons. The molecular formula is C9H17NO3S. The van der Waals surface area contributed by atoms with Crippen molar-refractivity contribution in [2.24, 2.45) is 0 Å². The number of alkyl carbamates (subject to hydrolysis) is 1. The van der Waals surface area contributed by atoms with E-state index in [1.165, 1.54) is 7.11 Å². The molecule has 1 amide bonds. The third-order valence-corrected chi connectivity index (χ3v) is 1.60. The Hall–Kier alpha value is -0.840. The third-order valence-electron chi connectivity index (χ3n) is 1.23. The molecule has 5 heteroatoms. The Morgan fingerprint density at radius 3 is 2.43 bits per heavy atom. The number of rotatable bonds is 3. The van der Waals surface area contributed by atoms with Gasteiger partial charge in [-0.05, 0) is 33.0 Å². The minimum absolute atomic E-state index is 0.432. The lowest BCUT2D eigenvalue weighted by Crippen LogP contribution is -2.33. The molecule has 0 aromatic carbocycles. The van der Waals surface area contributed by atoms with Crippen LogP contribution >= 0.6 is 12.2 Å². The zero-order valence-electron chi connectivity index (χ0n) is 9.05. The van der Waals surface area contributed by atoms with E-state index in [-0.39, 0.29) is 0 Å². The van der Waals surface area contributed by atoms with Gasteiger partial charge in [0.05, 0.1) is 7.11 Å². The molecule has 82 valence electrons. The molecule has 0 aromatic rings. The zero-order valence-corrected chi connectivity index (χ0v) is 9.86. The highest BCUT2D eigenvalue weighted by molar-refractivity contribution is 7.80. The van der Waals surface area contributed by atoms with Crippen molar-refractivity contribution >= 4 is 23.4 Å². The molecule has 0 spiro atoms. The number of methoxy groups -OCH3 is 1. The Morgan fingerprint density at radius 2 is 2.00 bits per heavy atom. The van der Waals surface area contributed by atoms with E-state index in [4.69, 9.17) is 21.7 Å². The molecule has 0 aliphatic rings. The van der Waals surface area contributed by atoms with Gasteiger partial charge in [-0.25, -0.2) is 4.79 Å². The first-order chi connectivity index (χ1) is 6.35. The Bertz CT molecular complexity index is 211. The van der Waals surface area contributed by atoms with Crippen LogP contribution < -0.4 is 5.32 Å². The second-order valence-electron chi connectivity index (χ2n) is 3.75. The lowest BCUT2D eigenvalue weighted by Gasteiger charge is -2.19. The quantitative estimate of drug-likeness (QED) is 0.736. The van der Waals surface area contributed by atoms with Crippen LogP contribution in [0.5, 0.6) is 0 Å². The summed E-state index contributed by atoms with van der Waals surface area (Å²) in [6.45, 7) is 5.87. The van der Waals surface area contributed by atoms with E-state index in [1.807, 2.05) is 20.8 Å². The summed E-state index contributed by atoms with van der Waals surface area (Å²) in [5.74, 6) is 0. The number of hydrogen-bond acceptors (Lipinski definition) is 4. The van der Waals surface area contributed by atoms with Crippen LogP contribution in [0.15, 0.2) is 0 Å². The molecule has 0 saturated carbocycles. The van der Waals surface area contributed by atoms with Crippen molar-refractivity contribution in [3.05, 3.63) is 0 Å². The molecule has 1 N–H and O–H groups in total. The minimum atomic E-state index is -0.466. The van der Waals surface area contributed by atoms with E-state index in [0.29, 0.717) is 18.0 Å².